The topological polar surface area (TPSA) is 53.8 Å². The Labute approximate surface area is 165 Å². The molecule has 5 heteroatoms. The van der Waals surface area contributed by atoms with E-state index >= 15 is 0 Å². The molecule has 0 aliphatic carbocycles. The molecule has 4 rings (SSSR count). The summed E-state index contributed by atoms with van der Waals surface area (Å²) in [6, 6.07) is 24.9. The zero-order chi connectivity index (χ0) is 18.6. The SMILES string of the molecule is O=C(Nc1ccccc1)C1=Nc2ccccc2N=C(c2ccc(Br)cc2)C1. The average molecular weight is 418 g/mol. The molecule has 3 aromatic carbocycles. The number of rotatable bonds is 3. The van der Waals surface area contributed by atoms with Gasteiger partial charge in [-0.05, 0) is 42.0 Å². The minimum absolute atomic E-state index is 0.220. The molecule has 1 heterocycles. The van der Waals surface area contributed by atoms with Crippen LogP contribution in [0.2, 0.25) is 0 Å². The second-order valence-corrected chi connectivity index (χ2v) is 7.03. The monoisotopic (exact) mass is 417 g/mol. The molecule has 27 heavy (non-hydrogen) atoms. The predicted molar refractivity (Wildman–Crippen MR) is 114 cm³/mol. The van der Waals surface area contributed by atoms with Gasteiger partial charge in [0.05, 0.1) is 17.1 Å². The van der Waals surface area contributed by atoms with Crippen LogP contribution in [0, 0.1) is 0 Å². The summed E-state index contributed by atoms with van der Waals surface area (Å²) in [5.74, 6) is -0.220. The van der Waals surface area contributed by atoms with Gasteiger partial charge in [-0.15, -0.1) is 0 Å². The number of halogens is 1. The Morgan fingerprint density at radius 1 is 0.815 bits per heavy atom. The van der Waals surface area contributed by atoms with Gasteiger partial charge in [0.1, 0.15) is 5.71 Å². The molecule has 0 bridgehead atoms. The van der Waals surface area contributed by atoms with E-state index in [9.17, 15) is 4.79 Å². The van der Waals surface area contributed by atoms with E-state index in [2.05, 4.69) is 26.2 Å². The molecule has 0 fully saturated rings. The number of benzene rings is 3. The highest BCUT2D eigenvalue weighted by Gasteiger charge is 2.20. The number of nitrogens with one attached hydrogen (secondary N) is 1. The third kappa shape index (κ3) is 4.04. The molecular weight excluding hydrogens is 402 g/mol. The fourth-order valence-corrected chi connectivity index (χ4v) is 3.11. The van der Waals surface area contributed by atoms with E-state index in [0.29, 0.717) is 17.8 Å². The molecule has 0 saturated carbocycles. The molecule has 0 saturated heterocycles. The highest BCUT2D eigenvalue weighted by Crippen LogP contribution is 2.31. The molecule has 1 aliphatic heterocycles. The molecule has 0 aromatic heterocycles. The number of fused-ring (bicyclic) bond motifs is 1. The highest BCUT2D eigenvalue weighted by molar-refractivity contribution is 9.10. The fraction of sp³-hybridized carbons (Fsp3) is 0.0455. The van der Waals surface area contributed by atoms with Crippen LogP contribution >= 0.6 is 15.9 Å². The van der Waals surface area contributed by atoms with Gasteiger partial charge in [0.25, 0.3) is 5.91 Å². The molecule has 1 N–H and O–H groups in total. The van der Waals surface area contributed by atoms with Crippen LogP contribution < -0.4 is 5.32 Å². The van der Waals surface area contributed by atoms with Gasteiger partial charge in [0.2, 0.25) is 0 Å². The molecule has 1 aliphatic rings. The lowest BCUT2D eigenvalue weighted by atomic mass is 10.0. The zero-order valence-electron chi connectivity index (χ0n) is 14.4. The minimum atomic E-state index is -0.220. The van der Waals surface area contributed by atoms with Crippen molar-refractivity contribution in [3.63, 3.8) is 0 Å². The van der Waals surface area contributed by atoms with Crippen LogP contribution in [0.5, 0.6) is 0 Å². The Bertz CT molecular complexity index is 1040. The van der Waals surface area contributed by atoms with E-state index in [0.717, 1.165) is 27.1 Å². The summed E-state index contributed by atoms with van der Waals surface area (Å²) in [4.78, 5) is 22.3. The number of hydrogen-bond donors (Lipinski definition) is 1. The van der Waals surface area contributed by atoms with Gasteiger partial charge in [-0.3, -0.25) is 9.79 Å². The van der Waals surface area contributed by atoms with E-state index in [-0.39, 0.29) is 5.91 Å². The molecule has 3 aromatic rings. The van der Waals surface area contributed by atoms with E-state index in [1.165, 1.54) is 0 Å². The Balaban J connectivity index is 1.72. The molecule has 0 radical (unpaired) electrons. The van der Waals surface area contributed by atoms with E-state index in [1.807, 2.05) is 78.9 Å². The number of anilines is 1. The largest absolute Gasteiger partial charge is 0.321 e. The molecule has 0 unspecified atom stereocenters. The third-order valence-electron chi connectivity index (χ3n) is 4.20. The second kappa shape index (κ2) is 7.68. The third-order valence-corrected chi connectivity index (χ3v) is 4.73. The van der Waals surface area contributed by atoms with Crippen LogP contribution in [0.15, 0.2) is 93.3 Å². The molecule has 4 nitrogen and oxygen atoms in total. The van der Waals surface area contributed by atoms with Gasteiger partial charge in [-0.2, -0.15) is 0 Å². The van der Waals surface area contributed by atoms with Gasteiger partial charge in [0, 0.05) is 16.6 Å². The predicted octanol–water partition coefficient (Wildman–Crippen LogP) is 5.68. The van der Waals surface area contributed by atoms with Crippen molar-refractivity contribution in [1.29, 1.82) is 0 Å². The van der Waals surface area contributed by atoms with Crippen molar-refractivity contribution < 1.29 is 4.79 Å². The Hall–Kier alpha value is -3.05. The molecule has 132 valence electrons. The van der Waals surface area contributed by atoms with Gasteiger partial charge in [-0.25, -0.2) is 4.99 Å². The molecule has 0 spiro atoms. The van der Waals surface area contributed by atoms with Crippen molar-refractivity contribution in [2.24, 2.45) is 9.98 Å². The number of amides is 1. The van der Waals surface area contributed by atoms with Gasteiger partial charge >= 0.3 is 0 Å². The minimum Gasteiger partial charge on any atom is -0.321 e. The first-order chi connectivity index (χ1) is 13.2. The van der Waals surface area contributed by atoms with Gasteiger partial charge < -0.3 is 5.32 Å². The van der Waals surface area contributed by atoms with Crippen molar-refractivity contribution >= 4 is 50.3 Å². The van der Waals surface area contributed by atoms with E-state index in [4.69, 9.17) is 4.99 Å². The molecule has 1 amide bonds. The maximum atomic E-state index is 12.9. The van der Waals surface area contributed by atoms with E-state index in [1.54, 1.807) is 0 Å². The van der Waals surface area contributed by atoms with E-state index < -0.39 is 0 Å². The average Bonchev–Trinajstić information content (AvgIpc) is 2.89. The van der Waals surface area contributed by atoms with Crippen LogP contribution in [-0.2, 0) is 4.79 Å². The van der Waals surface area contributed by atoms with Crippen LogP contribution in [0.1, 0.15) is 12.0 Å². The van der Waals surface area contributed by atoms with Crippen molar-refractivity contribution in [2.45, 2.75) is 6.42 Å². The highest BCUT2D eigenvalue weighted by atomic mass is 79.9. The summed E-state index contributed by atoms with van der Waals surface area (Å²) < 4.78 is 0.997. The number of hydrogen-bond acceptors (Lipinski definition) is 3. The molecule has 0 atom stereocenters. The quantitative estimate of drug-likeness (QED) is 0.584. The lowest BCUT2D eigenvalue weighted by Crippen LogP contribution is -2.25. The molecular formula is C22H16BrN3O. The summed E-state index contributed by atoms with van der Waals surface area (Å²) in [6.45, 7) is 0. The normalized spacial score (nSPS) is 13.1. The summed E-state index contributed by atoms with van der Waals surface area (Å²) >= 11 is 3.46. The summed E-state index contributed by atoms with van der Waals surface area (Å²) in [5.41, 5.74) is 4.42. The number of carbonyl (C=O) groups excluding carboxylic acids is 1. The van der Waals surface area contributed by atoms with Crippen molar-refractivity contribution in [3.05, 3.63) is 88.9 Å². The summed E-state index contributed by atoms with van der Waals surface area (Å²) in [7, 11) is 0. The Morgan fingerprint density at radius 2 is 1.44 bits per heavy atom. The second-order valence-electron chi connectivity index (χ2n) is 6.11. The standard InChI is InChI=1S/C22H16BrN3O/c23-16-12-10-15(11-13-16)20-14-21(22(27)24-17-6-2-1-3-7-17)26-19-9-5-4-8-18(19)25-20/h1-13H,14H2,(H,24,27). The first-order valence-corrected chi connectivity index (χ1v) is 9.35. The zero-order valence-corrected chi connectivity index (χ0v) is 16.0. The Kier molecular flexibility index (Phi) is 4.94. The summed E-state index contributed by atoms with van der Waals surface area (Å²) in [5, 5.41) is 2.92. The van der Waals surface area contributed by atoms with Crippen LogP contribution in [0.3, 0.4) is 0 Å². The van der Waals surface area contributed by atoms with Gasteiger partial charge in [0.15, 0.2) is 0 Å². The fourth-order valence-electron chi connectivity index (χ4n) is 2.85. The lowest BCUT2D eigenvalue weighted by Gasteiger charge is -2.09. The first-order valence-electron chi connectivity index (χ1n) is 8.55. The maximum Gasteiger partial charge on any atom is 0.270 e. The van der Waals surface area contributed by atoms with Gasteiger partial charge in [-0.1, -0.05) is 58.4 Å². The number of para-hydroxylation sites is 3. The number of aliphatic imine (C=N–C) groups is 2. The smallest absolute Gasteiger partial charge is 0.270 e. The first kappa shape index (κ1) is 17.4. The summed E-state index contributed by atoms with van der Waals surface area (Å²) in [6.07, 6.45) is 0.356. The number of carbonyl (C=O) groups is 1. The van der Waals surface area contributed by atoms with Crippen molar-refractivity contribution in [3.8, 4) is 0 Å². The van der Waals surface area contributed by atoms with Crippen LogP contribution in [0.25, 0.3) is 0 Å². The lowest BCUT2D eigenvalue weighted by molar-refractivity contribution is -0.110. The number of nitrogens with zero attached hydrogens (tertiary/aromatic N) is 2. The van der Waals surface area contributed by atoms with Crippen LogP contribution in [-0.4, -0.2) is 17.3 Å². The van der Waals surface area contributed by atoms with Crippen LogP contribution in [0.4, 0.5) is 17.1 Å². The van der Waals surface area contributed by atoms with Crippen molar-refractivity contribution in [2.75, 3.05) is 5.32 Å². The maximum absolute atomic E-state index is 12.9. The Morgan fingerprint density at radius 3 is 2.15 bits per heavy atom. The van der Waals surface area contributed by atoms with Crippen molar-refractivity contribution in [1.82, 2.24) is 0 Å².